The maximum absolute atomic E-state index is 12.5. The molecule has 0 saturated carbocycles. The van der Waals surface area contributed by atoms with Crippen molar-refractivity contribution in [1.29, 1.82) is 0 Å². The molecule has 1 unspecified atom stereocenters. The third-order valence-electron chi connectivity index (χ3n) is 3.86. The first-order valence-electron chi connectivity index (χ1n) is 7.70. The van der Waals surface area contributed by atoms with Crippen LogP contribution >= 0.6 is 15.9 Å². The Labute approximate surface area is 148 Å². The molecule has 1 heterocycles. The zero-order chi connectivity index (χ0) is 17.1. The Morgan fingerprint density at radius 1 is 1.29 bits per heavy atom. The Balaban J connectivity index is 1.76. The molecular formula is C18H17BrN2O3. The predicted octanol–water partition coefficient (Wildman–Crippen LogP) is 3.66. The first kappa shape index (κ1) is 16.5. The number of hydrogen-bond donors (Lipinski definition) is 2. The maximum Gasteiger partial charge on any atom is 0.262 e. The number of benzene rings is 2. The van der Waals surface area contributed by atoms with Gasteiger partial charge in [-0.3, -0.25) is 9.59 Å². The van der Waals surface area contributed by atoms with Gasteiger partial charge in [-0.2, -0.15) is 0 Å². The molecule has 0 saturated heterocycles. The average molecular weight is 389 g/mol. The highest BCUT2D eigenvalue weighted by Crippen LogP contribution is 2.29. The van der Waals surface area contributed by atoms with Gasteiger partial charge in [-0.15, -0.1) is 0 Å². The van der Waals surface area contributed by atoms with E-state index in [1.165, 1.54) is 0 Å². The molecule has 0 aromatic heterocycles. The van der Waals surface area contributed by atoms with Crippen LogP contribution in [0.1, 0.15) is 35.3 Å². The minimum absolute atomic E-state index is 0.0332. The lowest BCUT2D eigenvalue weighted by Crippen LogP contribution is -2.29. The molecule has 1 aliphatic rings. The molecule has 5 nitrogen and oxygen atoms in total. The third kappa shape index (κ3) is 3.59. The largest absolute Gasteiger partial charge is 0.482 e. The van der Waals surface area contributed by atoms with Crippen molar-refractivity contribution >= 4 is 33.4 Å². The molecule has 124 valence electrons. The highest BCUT2D eigenvalue weighted by molar-refractivity contribution is 9.10. The normalized spacial score (nSPS) is 14.2. The molecule has 2 aromatic rings. The van der Waals surface area contributed by atoms with Crippen LogP contribution in [0.2, 0.25) is 0 Å². The van der Waals surface area contributed by atoms with E-state index in [9.17, 15) is 9.59 Å². The molecule has 24 heavy (non-hydrogen) atoms. The Hall–Kier alpha value is -2.34. The van der Waals surface area contributed by atoms with Crippen LogP contribution in [0.4, 0.5) is 5.69 Å². The number of rotatable bonds is 4. The van der Waals surface area contributed by atoms with Gasteiger partial charge < -0.3 is 15.4 Å². The maximum atomic E-state index is 12.5. The minimum atomic E-state index is -0.194. The lowest BCUT2D eigenvalue weighted by atomic mass is 10.0. The van der Waals surface area contributed by atoms with E-state index in [0.29, 0.717) is 17.0 Å². The van der Waals surface area contributed by atoms with Crippen LogP contribution in [0.5, 0.6) is 5.75 Å². The van der Waals surface area contributed by atoms with E-state index < -0.39 is 0 Å². The molecule has 3 rings (SSSR count). The summed E-state index contributed by atoms with van der Waals surface area (Å²) < 4.78 is 6.36. The number of carbonyl (C=O) groups excluding carboxylic acids is 2. The van der Waals surface area contributed by atoms with E-state index in [0.717, 1.165) is 16.5 Å². The van der Waals surface area contributed by atoms with Gasteiger partial charge in [0.1, 0.15) is 5.75 Å². The number of anilines is 1. The van der Waals surface area contributed by atoms with E-state index in [2.05, 4.69) is 26.6 Å². The Morgan fingerprint density at radius 2 is 2.04 bits per heavy atom. The molecule has 0 spiro atoms. The second kappa shape index (κ2) is 7.05. The summed E-state index contributed by atoms with van der Waals surface area (Å²) in [5, 5.41) is 5.75. The van der Waals surface area contributed by atoms with Gasteiger partial charge >= 0.3 is 0 Å². The van der Waals surface area contributed by atoms with E-state index in [1.54, 1.807) is 18.2 Å². The van der Waals surface area contributed by atoms with Gasteiger partial charge in [0.05, 0.1) is 11.7 Å². The highest BCUT2D eigenvalue weighted by Gasteiger charge is 2.19. The predicted molar refractivity (Wildman–Crippen MR) is 95.2 cm³/mol. The van der Waals surface area contributed by atoms with Crippen molar-refractivity contribution in [2.24, 2.45) is 0 Å². The summed E-state index contributed by atoms with van der Waals surface area (Å²) in [6.07, 6.45) is 0.783. The van der Waals surface area contributed by atoms with Crippen molar-refractivity contribution in [2.75, 3.05) is 11.9 Å². The summed E-state index contributed by atoms with van der Waals surface area (Å²) in [5.41, 5.74) is 2.14. The van der Waals surface area contributed by atoms with E-state index in [1.807, 2.05) is 31.2 Å². The van der Waals surface area contributed by atoms with Crippen LogP contribution in [0.15, 0.2) is 46.9 Å². The van der Waals surface area contributed by atoms with Crippen molar-refractivity contribution in [3.63, 3.8) is 0 Å². The van der Waals surface area contributed by atoms with Crippen LogP contribution in [-0.2, 0) is 4.79 Å². The highest BCUT2D eigenvalue weighted by atomic mass is 79.9. The van der Waals surface area contributed by atoms with E-state index in [-0.39, 0.29) is 24.5 Å². The van der Waals surface area contributed by atoms with E-state index >= 15 is 0 Å². The molecule has 0 radical (unpaired) electrons. The number of hydrogen-bond acceptors (Lipinski definition) is 3. The summed E-state index contributed by atoms with van der Waals surface area (Å²) in [4.78, 5) is 23.8. The summed E-state index contributed by atoms with van der Waals surface area (Å²) in [5.74, 6) is 0.146. The molecule has 0 bridgehead atoms. The summed E-state index contributed by atoms with van der Waals surface area (Å²) in [6.45, 7) is 1.99. The molecular weight excluding hydrogens is 372 g/mol. The molecule has 6 heteroatoms. The second-order valence-corrected chi connectivity index (χ2v) is 6.45. The van der Waals surface area contributed by atoms with Crippen LogP contribution in [0.3, 0.4) is 0 Å². The molecule has 2 N–H and O–H groups in total. The van der Waals surface area contributed by atoms with Gasteiger partial charge in [0.15, 0.2) is 6.61 Å². The van der Waals surface area contributed by atoms with Crippen molar-refractivity contribution in [3.8, 4) is 5.75 Å². The molecule has 0 fully saturated rings. The smallest absolute Gasteiger partial charge is 0.262 e. The van der Waals surface area contributed by atoms with Crippen LogP contribution < -0.4 is 15.4 Å². The van der Waals surface area contributed by atoms with Crippen LogP contribution in [0.25, 0.3) is 0 Å². The van der Waals surface area contributed by atoms with Gasteiger partial charge in [-0.25, -0.2) is 0 Å². The van der Waals surface area contributed by atoms with E-state index in [4.69, 9.17) is 4.74 Å². The topological polar surface area (TPSA) is 67.4 Å². The van der Waals surface area contributed by atoms with Gasteiger partial charge in [0, 0.05) is 10.0 Å². The van der Waals surface area contributed by atoms with Crippen molar-refractivity contribution in [2.45, 2.75) is 19.4 Å². The quantitative estimate of drug-likeness (QED) is 0.839. The monoisotopic (exact) mass is 388 g/mol. The van der Waals surface area contributed by atoms with Gasteiger partial charge in [-0.1, -0.05) is 35.0 Å². The fourth-order valence-corrected chi connectivity index (χ4v) is 2.84. The Kier molecular flexibility index (Phi) is 4.85. The minimum Gasteiger partial charge on any atom is -0.482 e. The lowest BCUT2D eigenvalue weighted by molar-refractivity contribution is -0.118. The number of fused-ring (bicyclic) bond motifs is 1. The standard InChI is InChI=1S/C18H17BrN2O3/c1-2-14(11-3-6-13(19)7-4-11)21-18(23)12-5-8-15-16(9-12)24-10-17(22)20-15/h3-9,14H,2,10H2,1H3,(H,20,22)(H,21,23). The summed E-state index contributed by atoms with van der Waals surface area (Å²) in [7, 11) is 0. The fraction of sp³-hybridized carbons (Fsp3) is 0.222. The average Bonchev–Trinajstić information content (AvgIpc) is 2.60. The molecule has 2 aromatic carbocycles. The van der Waals surface area contributed by atoms with Crippen molar-refractivity contribution in [3.05, 3.63) is 58.1 Å². The lowest BCUT2D eigenvalue weighted by Gasteiger charge is -2.20. The molecule has 1 atom stereocenters. The molecule has 1 aliphatic heterocycles. The number of halogens is 1. The number of carbonyl (C=O) groups is 2. The Bertz CT molecular complexity index is 774. The second-order valence-electron chi connectivity index (χ2n) is 5.53. The van der Waals surface area contributed by atoms with Gasteiger partial charge in [0.2, 0.25) is 0 Å². The first-order chi connectivity index (χ1) is 11.6. The summed E-state index contributed by atoms with van der Waals surface area (Å²) in [6, 6.07) is 12.8. The number of ether oxygens (including phenoxy) is 1. The molecule has 0 aliphatic carbocycles. The number of amides is 2. The van der Waals surface area contributed by atoms with Crippen LogP contribution in [-0.4, -0.2) is 18.4 Å². The SMILES string of the molecule is CCC(NC(=O)c1ccc2c(c1)OCC(=O)N2)c1ccc(Br)cc1. The number of nitrogens with one attached hydrogen (secondary N) is 2. The van der Waals surface area contributed by atoms with Gasteiger partial charge in [0.25, 0.3) is 11.8 Å². The first-order valence-corrected chi connectivity index (χ1v) is 8.49. The fourth-order valence-electron chi connectivity index (χ4n) is 2.57. The van der Waals surface area contributed by atoms with Crippen molar-refractivity contribution < 1.29 is 14.3 Å². The zero-order valence-electron chi connectivity index (χ0n) is 13.1. The van der Waals surface area contributed by atoms with Crippen LogP contribution in [0, 0.1) is 0 Å². The molecule has 2 amide bonds. The van der Waals surface area contributed by atoms with Gasteiger partial charge in [-0.05, 0) is 42.3 Å². The third-order valence-corrected chi connectivity index (χ3v) is 4.39. The summed E-state index contributed by atoms with van der Waals surface area (Å²) >= 11 is 3.41. The zero-order valence-corrected chi connectivity index (χ0v) is 14.7. The van der Waals surface area contributed by atoms with Crippen molar-refractivity contribution in [1.82, 2.24) is 5.32 Å². The Morgan fingerprint density at radius 3 is 2.75 bits per heavy atom.